The third-order valence-corrected chi connectivity index (χ3v) is 4.66. The highest BCUT2D eigenvalue weighted by atomic mass is 32.2. The molecule has 0 spiro atoms. The van der Waals surface area contributed by atoms with Crippen molar-refractivity contribution in [1.29, 1.82) is 0 Å². The van der Waals surface area contributed by atoms with Crippen molar-refractivity contribution >= 4 is 11.8 Å². The van der Waals surface area contributed by atoms with Gasteiger partial charge < -0.3 is 44.5 Å². The van der Waals surface area contributed by atoms with Crippen molar-refractivity contribution in [2.45, 2.75) is 55.3 Å². The summed E-state index contributed by atoms with van der Waals surface area (Å²) in [6, 6.07) is 0. The van der Waals surface area contributed by atoms with E-state index in [9.17, 15) is 20.4 Å². The minimum absolute atomic E-state index is 0.463. The minimum atomic E-state index is -1.42. The lowest BCUT2D eigenvalue weighted by molar-refractivity contribution is -0.332. The quantitative estimate of drug-likeness (QED) is 0.341. The number of aliphatic hydroxyl groups excluding tert-OH is 5. The molecule has 0 amide bonds. The summed E-state index contributed by atoms with van der Waals surface area (Å²) in [5.41, 5.74) is 0. The number of hydrogen-bond donors (Lipinski definition) is 5. The third-order valence-electron chi connectivity index (χ3n) is 4.00. The second-order valence-corrected chi connectivity index (χ2v) is 6.43. The van der Waals surface area contributed by atoms with Crippen LogP contribution in [0.1, 0.15) is 0 Å². The van der Waals surface area contributed by atoms with E-state index in [1.807, 2.05) is 6.26 Å². The van der Waals surface area contributed by atoms with Crippen LogP contribution in [0.25, 0.3) is 0 Å². The zero-order chi connectivity index (χ0) is 17.1. The van der Waals surface area contributed by atoms with Crippen LogP contribution in [0.4, 0.5) is 0 Å². The molecule has 2 rings (SSSR count). The molecule has 0 radical (unpaired) electrons. The molecule has 136 valence electrons. The molecule has 9 nitrogen and oxygen atoms in total. The lowest BCUT2D eigenvalue weighted by Gasteiger charge is -2.42. The Labute approximate surface area is 138 Å². The normalized spacial score (nSPS) is 47.9. The average molecular weight is 356 g/mol. The Morgan fingerprint density at radius 2 is 1.52 bits per heavy atom. The molecule has 2 fully saturated rings. The summed E-state index contributed by atoms with van der Waals surface area (Å²) in [4.78, 5) is 0. The molecular formula is C13H24O9S. The van der Waals surface area contributed by atoms with Gasteiger partial charge in [0, 0.05) is 12.9 Å². The lowest BCUT2D eigenvalue weighted by Crippen LogP contribution is -2.61. The van der Waals surface area contributed by atoms with Gasteiger partial charge in [-0.3, -0.25) is 0 Å². The molecule has 0 aromatic carbocycles. The number of methoxy groups -OCH3 is 1. The van der Waals surface area contributed by atoms with E-state index in [1.54, 1.807) is 0 Å². The van der Waals surface area contributed by atoms with Gasteiger partial charge in [0.1, 0.15) is 36.6 Å². The molecule has 2 saturated heterocycles. The first-order valence-electron chi connectivity index (χ1n) is 7.25. The number of hydrogen-bond acceptors (Lipinski definition) is 10. The van der Waals surface area contributed by atoms with Crippen molar-refractivity contribution in [2.24, 2.45) is 0 Å². The fraction of sp³-hybridized carbons (Fsp3) is 1.00. The molecule has 2 aliphatic heterocycles. The Morgan fingerprint density at radius 3 is 2.09 bits per heavy atom. The molecule has 0 bridgehead atoms. The summed E-state index contributed by atoms with van der Waals surface area (Å²) >= 11 is 1.44. The molecule has 5 N–H and O–H groups in total. The van der Waals surface area contributed by atoms with Gasteiger partial charge in [0.2, 0.25) is 0 Å². The van der Waals surface area contributed by atoms with Gasteiger partial charge in [-0.1, -0.05) is 0 Å². The predicted molar refractivity (Wildman–Crippen MR) is 78.7 cm³/mol. The molecule has 5 unspecified atom stereocenters. The third kappa shape index (κ3) is 3.98. The van der Waals surface area contributed by atoms with E-state index in [0.29, 0.717) is 5.75 Å². The number of ether oxygens (including phenoxy) is 4. The van der Waals surface area contributed by atoms with Crippen LogP contribution >= 0.6 is 11.8 Å². The summed E-state index contributed by atoms with van der Waals surface area (Å²) in [5, 5.41) is 49.2. The van der Waals surface area contributed by atoms with Crippen LogP contribution in [0.5, 0.6) is 0 Å². The fourth-order valence-electron chi connectivity index (χ4n) is 2.67. The highest BCUT2D eigenvalue weighted by Gasteiger charge is 2.50. The van der Waals surface area contributed by atoms with E-state index in [1.165, 1.54) is 18.9 Å². The van der Waals surface area contributed by atoms with E-state index in [4.69, 9.17) is 24.1 Å². The van der Waals surface area contributed by atoms with E-state index >= 15 is 0 Å². The molecule has 10 heteroatoms. The van der Waals surface area contributed by atoms with Crippen LogP contribution < -0.4 is 0 Å². The monoisotopic (exact) mass is 356 g/mol. The Bertz CT molecular complexity index is 371. The fourth-order valence-corrected chi connectivity index (χ4v) is 3.28. The Kier molecular flexibility index (Phi) is 7.04. The molecular weight excluding hydrogens is 332 g/mol. The van der Waals surface area contributed by atoms with Crippen LogP contribution in [0, 0.1) is 0 Å². The van der Waals surface area contributed by atoms with E-state index in [0.717, 1.165) is 0 Å². The van der Waals surface area contributed by atoms with E-state index in [2.05, 4.69) is 0 Å². The predicted octanol–water partition coefficient (Wildman–Crippen LogP) is -2.73. The lowest BCUT2D eigenvalue weighted by atomic mass is 9.99. The van der Waals surface area contributed by atoms with Gasteiger partial charge in [-0.15, -0.1) is 0 Å². The van der Waals surface area contributed by atoms with Crippen LogP contribution in [0.3, 0.4) is 0 Å². The van der Waals surface area contributed by atoms with Crippen molar-refractivity contribution in [1.82, 2.24) is 0 Å². The number of thioether (sulfide) groups is 1. The maximum atomic E-state index is 10.2. The Hall–Kier alpha value is -0.0100. The maximum Gasteiger partial charge on any atom is 0.187 e. The first kappa shape index (κ1) is 19.3. The Balaban J connectivity index is 2.05. The standard InChI is InChI=1S/C13H24O9S/c1-19-13-11(9(17)7(15)5(3-14)20-13)22-12-10(18)8(16)6(21-12)4-23-2/h5-18H,3-4H2,1-2H3/t5?,6-,7?,8?,9-,10?,11?,12-,13-/m0/s1. The zero-order valence-corrected chi connectivity index (χ0v) is 13.7. The molecule has 0 aromatic rings. The summed E-state index contributed by atoms with van der Waals surface area (Å²) in [5.74, 6) is 0.463. The van der Waals surface area contributed by atoms with Gasteiger partial charge in [-0.2, -0.15) is 11.8 Å². The van der Waals surface area contributed by atoms with Crippen molar-refractivity contribution in [3.63, 3.8) is 0 Å². The van der Waals surface area contributed by atoms with Gasteiger partial charge >= 0.3 is 0 Å². The first-order valence-corrected chi connectivity index (χ1v) is 8.65. The van der Waals surface area contributed by atoms with E-state index in [-0.39, 0.29) is 0 Å². The van der Waals surface area contributed by atoms with Crippen molar-refractivity contribution in [3.05, 3.63) is 0 Å². The second-order valence-electron chi connectivity index (χ2n) is 5.52. The Morgan fingerprint density at radius 1 is 0.913 bits per heavy atom. The van der Waals surface area contributed by atoms with Crippen LogP contribution in [0.15, 0.2) is 0 Å². The molecule has 23 heavy (non-hydrogen) atoms. The second kappa shape index (κ2) is 8.39. The zero-order valence-electron chi connectivity index (χ0n) is 12.9. The van der Waals surface area contributed by atoms with Gasteiger partial charge in [-0.05, 0) is 6.26 Å². The average Bonchev–Trinajstić information content (AvgIpc) is 2.81. The first-order chi connectivity index (χ1) is 10.9. The van der Waals surface area contributed by atoms with Crippen LogP contribution in [-0.4, -0.2) is 107 Å². The van der Waals surface area contributed by atoms with Gasteiger partial charge in [-0.25, -0.2) is 0 Å². The van der Waals surface area contributed by atoms with Crippen LogP contribution in [0.2, 0.25) is 0 Å². The highest BCUT2D eigenvalue weighted by molar-refractivity contribution is 7.98. The maximum absolute atomic E-state index is 10.2. The molecule has 2 aliphatic rings. The largest absolute Gasteiger partial charge is 0.394 e. The van der Waals surface area contributed by atoms with Crippen molar-refractivity contribution < 1.29 is 44.5 Å². The van der Waals surface area contributed by atoms with E-state index < -0.39 is 61.9 Å². The number of rotatable bonds is 6. The summed E-state index contributed by atoms with van der Waals surface area (Å²) < 4.78 is 21.4. The SMILES string of the molecule is CO[C@H]1OC(CO)C(O)[C@H](O)C1O[C@@H]1O[C@@H](CSC)C(O)C1O. The van der Waals surface area contributed by atoms with Crippen LogP contribution in [-0.2, 0) is 18.9 Å². The van der Waals surface area contributed by atoms with Gasteiger partial charge in [0.15, 0.2) is 12.6 Å². The topological polar surface area (TPSA) is 138 Å². The van der Waals surface area contributed by atoms with Crippen molar-refractivity contribution in [3.8, 4) is 0 Å². The smallest absolute Gasteiger partial charge is 0.187 e. The van der Waals surface area contributed by atoms with Gasteiger partial charge in [0.25, 0.3) is 0 Å². The van der Waals surface area contributed by atoms with Gasteiger partial charge in [0.05, 0.1) is 12.7 Å². The molecule has 2 heterocycles. The molecule has 0 aromatic heterocycles. The molecule has 0 aliphatic carbocycles. The minimum Gasteiger partial charge on any atom is -0.394 e. The summed E-state index contributed by atoms with van der Waals surface area (Å²) in [6.45, 7) is -0.498. The molecule has 0 saturated carbocycles. The highest BCUT2D eigenvalue weighted by Crippen LogP contribution is 2.30. The van der Waals surface area contributed by atoms with Crippen molar-refractivity contribution in [2.75, 3.05) is 25.7 Å². The summed E-state index contributed by atoms with van der Waals surface area (Å²) in [6.07, 6.45) is -8.43. The molecule has 9 atom stereocenters. The summed E-state index contributed by atoms with van der Waals surface area (Å²) in [7, 11) is 1.32. The number of aliphatic hydroxyl groups is 5.